The molecule has 0 radical (unpaired) electrons. The average molecular weight is 406 g/mol. The van der Waals surface area contributed by atoms with E-state index in [-0.39, 0.29) is 22.9 Å². The summed E-state index contributed by atoms with van der Waals surface area (Å²) in [6.07, 6.45) is -4.57. The SMILES string of the molecule is CC1=C(C(=O)OCc2ccccc2)C(c2ccccc2C(F)(F)F)NC(=S)N1. The van der Waals surface area contributed by atoms with Gasteiger partial charge in [0.25, 0.3) is 0 Å². The van der Waals surface area contributed by atoms with Gasteiger partial charge in [0, 0.05) is 5.70 Å². The summed E-state index contributed by atoms with van der Waals surface area (Å²) >= 11 is 5.09. The number of alkyl halides is 3. The number of ether oxygens (including phenoxy) is 1. The molecule has 146 valence electrons. The van der Waals surface area contributed by atoms with Crippen molar-refractivity contribution < 1.29 is 22.7 Å². The minimum atomic E-state index is -4.57. The fraction of sp³-hybridized carbons (Fsp3) is 0.200. The topological polar surface area (TPSA) is 50.4 Å². The number of esters is 1. The quantitative estimate of drug-likeness (QED) is 0.588. The lowest BCUT2D eigenvalue weighted by Gasteiger charge is -2.31. The average Bonchev–Trinajstić information content (AvgIpc) is 2.65. The Morgan fingerprint density at radius 1 is 1.11 bits per heavy atom. The Kier molecular flexibility index (Phi) is 5.69. The number of carbonyl (C=O) groups is 1. The van der Waals surface area contributed by atoms with Crippen molar-refractivity contribution in [1.82, 2.24) is 10.6 Å². The Bertz CT molecular complexity index is 927. The van der Waals surface area contributed by atoms with Crippen LogP contribution in [0, 0.1) is 0 Å². The van der Waals surface area contributed by atoms with E-state index in [1.807, 2.05) is 6.07 Å². The highest BCUT2D eigenvalue weighted by Crippen LogP contribution is 2.38. The molecule has 0 fully saturated rings. The molecule has 1 aliphatic heterocycles. The van der Waals surface area contributed by atoms with Crippen LogP contribution >= 0.6 is 12.2 Å². The van der Waals surface area contributed by atoms with Crippen molar-refractivity contribution in [1.29, 1.82) is 0 Å². The fourth-order valence-electron chi connectivity index (χ4n) is 3.01. The number of nitrogens with one attached hydrogen (secondary N) is 2. The predicted octanol–water partition coefficient (Wildman–Crippen LogP) is 4.24. The van der Waals surface area contributed by atoms with Crippen LogP contribution in [-0.2, 0) is 22.3 Å². The second-order valence-electron chi connectivity index (χ2n) is 6.22. The molecule has 28 heavy (non-hydrogen) atoms. The van der Waals surface area contributed by atoms with E-state index >= 15 is 0 Å². The van der Waals surface area contributed by atoms with Crippen molar-refractivity contribution in [3.8, 4) is 0 Å². The van der Waals surface area contributed by atoms with E-state index in [4.69, 9.17) is 17.0 Å². The van der Waals surface area contributed by atoms with Crippen molar-refractivity contribution >= 4 is 23.3 Å². The summed E-state index contributed by atoms with van der Waals surface area (Å²) in [6.45, 7) is 1.59. The second-order valence-corrected chi connectivity index (χ2v) is 6.63. The van der Waals surface area contributed by atoms with Gasteiger partial charge >= 0.3 is 12.1 Å². The molecule has 0 bridgehead atoms. The van der Waals surface area contributed by atoms with Crippen LogP contribution in [0.5, 0.6) is 0 Å². The van der Waals surface area contributed by atoms with Crippen LogP contribution in [0.2, 0.25) is 0 Å². The molecule has 1 unspecified atom stereocenters. The minimum absolute atomic E-state index is 0.00847. The van der Waals surface area contributed by atoms with Crippen molar-refractivity contribution in [2.45, 2.75) is 25.7 Å². The third-order valence-electron chi connectivity index (χ3n) is 4.28. The highest BCUT2D eigenvalue weighted by Gasteiger charge is 2.39. The highest BCUT2D eigenvalue weighted by molar-refractivity contribution is 7.80. The first kappa shape index (κ1) is 19.9. The molecule has 0 saturated carbocycles. The monoisotopic (exact) mass is 406 g/mol. The molecule has 8 heteroatoms. The van der Waals surface area contributed by atoms with E-state index in [1.54, 1.807) is 31.2 Å². The summed E-state index contributed by atoms with van der Waals surface area (Å²) in [6, 6.07) is 13.0. The molecule has 3 rings (SSSR count). The lowest BCUT2D eigenvalue weighted by atomic mass is 9.92. The Balaban J connectivity index is 1.95. The lowest BCUT2D eigenvalue weighted by Crippen LogP contribution is -2.45. The first-order chi connectivity index (χ1) is 13.3. The van der Waals surface area contributed by atoms with E-state index in [0.29, 0.717) is 5.70 Å². The van der Waals surface area contributed by atoms with Crippen LogP contribution in [0.1, 0.15) is 29.7 Å². The molecule has 2 N–H and O–H groups in total. The number of thiocarbonyl (C=S) groups is 1. The van der Waals surface area contributed by atoms with E-state index in [9.17, 15) is 18.0 Å². The van der Waals surface area contributed by atoms with Crippen LogP contribution < -0.4 is 10.6 Å². The maximum absolute atomic E-state index is 13.5. The van der Waals surface area contributed by atoms with Crippen LogP contribution in [-0.4, -0.2) is 11.1 Å². The van der Waals surface area contributed by atoms with Gasteiger partial charge in [-0.25, -0.2) is 4.79 Å². The molecule has 0 spiro atoms. The van der Waals surface area contributed by atoms with Gasteiger partial charge in [0.1, 0.15) is 6.61 Å². The summed E-state index contributed by atoms with van der Waals surface area (Å²) in [5, 5.41) is 5.69. The van der Waals surface area contributed by atoms with E-state index < -0.39 is 23.8 Å². The van der Waals surface area contributed by atoms with Gasteiger partial charge in [-0.2, -0.15) is 13.2 Å². The highest BCUT2D eigenvalue weighted by atomic mass is 32.1. The minimum Gasteiger partial charge on any atom is -0.457 e. The number of benzene rings is 2. The normalized spacial score (nSPS) is 17.0. The molecular weight excluding hydrogens is 389 g/mol. The second kappa shape index (κ2) is 8.02. The van der Waals surface area contributed by atoms with Gasteiger partial charge in [0.2, 0.25) is 0 Å². The first-order valence-electron chi connectivity index (χ1n) is 8.43. The molecule has 1 aliphatic rings. The third-order valence-corrected chi connectivity index (χ3v) is 4.50. The summed E-state index contributed by atoms with van der Waals surface area (Å²) in [7, 11) is 0. The summed E-state index contributed by atoms with van der Waals surface area (Å²) in [4.78, 5) is 12.7. The zero-order valence-corrected chi connectivity index (χ0v) is 15.7. The molecule has 4 nitrogen and oxygen atoms in total. The smallest absolute Gasteiger partial charge is 0.416 e. The zero-order chi connectivity index (χ0) is 20.3. The maximum atomic E-state index is 13.5. The third kappa shape index (κ3) is 4.33. The van der Waals surface area contributed by atoms with Crippen molar-refractivity contribution in [3.63, 3.8) is 0 Å². The molecule has 0 aromatic heterocycles. The predicted molar refractivity (Wildman–Crippen MR) is 102 cm³/mol. The van der Waals surface area contributed by atoms with E-state index in [1.165, 1.54) is 18.2 Å². The molecule has 1 heterocycles. The van der Waals surface area contributed by atoms with E-state index in [2.05, 4.69) is 10.6 Å². The summed E-state index contributed by atoms with van der Waals surface area (Å²) in [5.74, 6) is -0.717. The number of hydrogen-bond donors (Lipinski definition) is 2. The Labute approximate surface area is 165 Å². The Hall–Kier alpha value is -2.87. The van der Waals surface area contributed by atoms with Crippen LogP contribution in [0.15, 0.2) is 65.9 Å². The van der Waals surface area contributed by atoms with Gasteiger partial charge in [-0.05, 0) is 36.3 Å². The van der Waals surface area contributed by atoms with Gasteiger partial charge < -0.3 is 15.4 Å². The summed E-state index contributed by atoms with van der Waals surface area (Å²) in [5.41, 5.74) is 0.252. The lowest BCUT2D eigenvalue weighted by molar-refractivity contribution is -0.142. The Morgan fingerprint density at radius 3 is 2.43 bits per heavy atom. The first-order valence-corrected chi connectivity index (χ1v) is 8.83. The molecule has 2 aromatic rings. The van der Waals surface area contributed by atoms with Gasteiger partial charge in [0.15, 0.2) is 5.11 Å². The van der Waals surface area contributed by atoms with Crippen molar-refractivity contribution in [3.05, 3.63) is 82.6 Å². The number of halogens is 3. The van der Waals surface area contributed by atoms with Gasteiger partial charge in [-0.1, -0.05) is 48.5 Å². The van der Waals surface area contributed by atoms with Gasteiger partial charge in [-0.15, -0.1) is 0 Å². The standard InChI is InChI=1S/C20H17F3N2O2S/c1-12-16(18(26)27-11-13-7-3-2-4-8-13)17(25-19(28)24-12)14-9-5-6-10-15(14)20(21,22)23/h2-10,17H,11H2,1H3,(H2,24,25,28). The number of hydrogen-bond acceptors (Lipinski definition) is 3. The maximum Gasteiger partial charge on any atom is 0.416 e. The fourth-order valence-corrected chi connectivity index (χ4v) is 3.28. The summed E-state index contributed by atoms with van der Waals surface area (Å²) < 4.78 is 45.8. The molecule has 0 aliphatic carbocycles. The molecule has 0 amide bonds. The number of allylic oxidation sites excluding steroid dienone is 1. The molecular formula is C20H17F3N2O2S. The zero-order valence-electron chi connectivity index (χ0n) is 14.8. The van der Waals surface area contributed by atoms with Gasteiger partial charge in [0.05, 0.1) is 17.2 Å². The van der Waals surface area contributed by atoms with Crippen molar-refractivity contribution in [2.75, 3.05) is 0 Å². The van der Waals surface area contributed by atoms with Crippen molar-refractivity contribution in [2.24, 2.45) is 0 Å². The molecule has 1 atom stereocenters. The van der Waals surface area contributed by atoms with Crippen LogP contribution in [0.25, 0.3) is 0 Å². The number of rotatable bonds is 4. The van der Waals surface area contributed by atoms with Crippen LogP contribution in [0.4, 0.5) is 13.2 Å². The van der Waals surface area contributed by atoms with Crippen LogP contribution in [0.3, 0.4) is 0 Å². The molecule has 0 saturated heterocycles. The number of carbonyl (C=O) groups excluding carboxylic acids is 1. The molecule has 2 aromatic carbocycles. The largest absolute Gasteiger partial charge is 0.457 e. The van der Waals surface area contributed by atoms with E-state index in [0.717, 1.165) is 11.6 Å². The van der Waals surface area contributed by atoms with Gasteiger partial charge in [-0.3, -0.25) is 0 Å². The Morgan fingerprint density at radius 2 is 1.75 bits per heavy atom.